The zero-order valence-corrected chi connectivity index (χ0v) is 11.0. The van der Waals surface area contributed by atoms with Crippen LogP contribution in [-0.2, 0) is 4.79 Å². The monoisotopic (exact) mass is 281 g/mol. The highest BCUT2D eigenvalue weighted by atomic mass is 32.1. The molecule has 0 aliphatic rings. The molecule has 0 saturated carbocycles. The van der Waals surface area contributed by atoms with Crippen LogP contribution in [0.4, 0.5) is 4.39 Å². The summed E-state index contributed by atoms with van der Waals surface area (Å²) in [4.78, 5) is 24.5. The summed E-state index contributed by atoms with van der Waals surface area (Å²) in [5.74, 6) is -1.75. The lowest BCUT2D eigenvalue weighted by molar-refractivity contribution is -0.137. The molecule has 100 valence electrons. The van der Waals surface area contributed by atoms with E-state index in [9.17, 15) is 14.0 Å². The molecule has 0 aliphatic carbocycles. The van der Waals surface area contributed by atoms with Crippen LogP contribution in [0.3, 0.4) is 0 Å². The number of nitrogens with zero attached hydrogens (tertiary/aromatic N) is 1. The highest BCUT2D eigenvalue weighted by molar-refractivity contribution is 7.20. The number of aliphatic carboxylic acids is 1. The molecule has 0 bridgehead atoms. The highest BCUT2D eigenvalue weighted by Crippen LogP contribution is 2.27. The Bertz CT molecular complexity index is 638. The Kier molecular flexibility index (Phi) is 3.80. The van der Waals surface area contributed by atoms with Gasteiger partial charge in [0.05, 0.1) is 4.88 Å². The Labute approximate surface area is 113 Å². The second-order valence-electron chi connectivity index (χ2n) is 4.01. The summed E-state index contributed by atoms with van der Waals surface area (Å²) in [7, 11) is 0. The van der Waals surface area contributed by atoms with Gasteiger partial charge in [0.25, 0.3) is 5.91 Å². The molecule has 2 aromatic rings. The standard InChI is InChI=1S/C13H12FNO3S/c1-2-15(7-12(16)17)13(18)11-6-8-5-9(14)3-4-10(8)19-11/h3-6H,2,7H2,1H3,(H,16,17). The Morgan fingerprint density at radius 3 is 2.74 bits per heavy atom. The number of fused-ring (bicyclic) bond motifs is 1. The third kappa shape index (κ3) is 2.90. The second kappa shape index (κ2) is 5.36. The van der Waals surface area contributed by atoms with E-state index < -0.39 is 5.97 Å². The van der Waals surface area contributed by atoms with Gasteiger partial charge in [-0.05, 0) is 36.6 Å². The van der Waals surface area contributed by atoms with Gasteiger partial charge in [0, 0.05) is 11.2 Å². The van der Waals surface area contributed by atoms with Crippen LogP contribution in [0.5, 0.6) is 0 Å². The molecule has 1 aromatic carbocycles. The maximum absolute atomic E-state index is 13.1. The molecule has 0 unspecified atom stereocenters. The fourth-order valence-electron chi connectivity index (χ4n) is 1.77. The van der Waals surface area contributed by atoms with Crippen LogP contribution in [0.2, 0.25) is 0 Å². The van der Waals surface area contributed by atoms with Crippen LogP contribution in [-0.4, -0.2) is 35.0 Å². The molecular formula is C13H12FNO3S. The number of carboxylic acid groups (broad SMARTS) is 1. The molecule has 1 heterocycles. The summed E-state index contributed by atoms with van der Waals surface area (Å²) in [5, 5.41) is 9.40. The lowest BCUT2D eigenvalue weighted by atomic mass is 10.2. The minimum absolute atomic E-state index is 0.313. The first-order valence-corrected chi connectivity index (χ1v) is 6.53. The molecule has 0 saturated heterocycles. The summed E-state index contributed by atoms with van der Waals surface area (Å²) in [6.07, 6.45) is 0. The molecule has 0 fully saturated rings. The van der Waals surface area contributed by atoms with Gasteiger partial charge in [-0.1, -0.05) is 0 Å². The van der Waals surface area contributed by atoms with Crippen LogP contribution in [0.25, 0.3) is 10.1 Å². The van der Waals surface area contributed by atoms with Gasteiger partial charge in [-0.15, -0.1) is 11.3 Å². The van der Waals surface area contributed by atoms with Crippen molar-refractivity contribution in [2.24, 2.45) is 0 Å². The molecule has 0 spiro atoms. The number of amides is 1. The number of benzene rings is 1. The van der Waals surface area contributed by atoms with Gasteiger partial charge in [0.15, 0.2) is 0 Å². The maximum Gasteiger partial charge on any atom is 0.323 e. The van der Waals surface area contributed by atoms with Crippen LogP contribution < -0.4 is 0 Å². The number of rotatable bonds is 4. The third-order valence-electron chi connectivity index (χ3n) is 2.68. The summed E-state index contributed by atoms with van der Waals surface area (Å²) in [5.41, 5.74) is 0. The topological polar surface area (TPSA) is 57.6 Å². The third-order valence-corrected chi connectivity index (χ3v) is 3.79. The first-order valence-electron chi connectivity index (χ1n) is 5.71. The quantitative estimate of drug-likeness (QED) is 0.937. The molecule has 19 heavy (non-hydrogen) atoms. The number of likely N-dealkylation sites (N-methyl/N-ethyl adjacent to an activating group) is 1. The maximum atomic E-state index is 13.1. The Balaban J connectivity index is 2.32. The first-order chi connectivity index (χ1) is 9.01. The number of thiophene rings is 1. The van der Waals surface area contributed by atoms with Crippen LogP contribution in [0, 0.1) is 5.82 Å². The van der Waals surface area contributed by atoms with E-state index in [1.807, 2.05) is 0 Å². The second-order valence-corrected chi connectivity index (χ2v) is 5.09. The van der Waals surface area contributed by atoms with E-state index in [2.05, 4.69) is 0 Å². The number of hydrogen-bond donors (Lipinski definition) is 1. The molecule has 6 heteroatoms. The molecule has 2 rings (SSSR count). The van der Waals surface area contributed by atoms with Crippen molar-refractivity contribution >= 4 is 33.3 Å². The minimum Gasteiger partial charge on any atom is -0.480 e. The van der Waals surface area contributed by atoms with E-state index in [0.717, 1.165) is 4.70 Å². The Morgan fingerprint density at radius 2 is 2.11 bits per heavy atom. The molecule has 0 radical (unpaired) electrons. The number of hydrogen-bond acceptors (Lipinski definition) is 3. The molecule has 0 aliphatic heterocycles. The lowest BCUT2D eigenvalue weighted by Crippen LogP contribution is -2.34. The van der Waals surface area contributed by atoms with Crippen molar-refractivity contribution < 1.29 is 19.1 Å². The van der Waals surface area contributed by atoms with Gasteiger partial charge in [-0.2, -0.15) is 0 Å². The zero-order valence-electron chi connectivity index (χ0n) is 10.2. The van der Waals surface area contributed by atoms with E-state index in [0.29, 0.717) is 16.8 Å². The number of carboxylic acids is 1. The van der Waals surface area contributed by atoms with E-state index >= 15 is 0 Å². The lowest BCUT2D eigenvalue weighted by Gasteiger charge is -2.17. The highest BCUT2D eigenvalue weighted by Gasteiger charge is 2.19. The van der Waals surface area contributed by atoms with Crippen molar-refractivity contribution in [2.45, 2.75) is 6.92 Å². The fraction of sp³-hybridized carbons (Fsp3) is 0.231. The van der Waals surface area contributed by atoms with Crippen LogP contribution in [0.15, 0.2) is 24.3 Å². The van der Waals surface area contributed by atoms with Gasteiger partial charge in [0.2, 0.25) is 0 Å². The first kappa shape index (κ1) is 13.5. The van der Waals surface area contributed by atoms with Gasteiger partial charge in [-0.3, -0.25) is 9.59 Å². The van der Waals surface area contributed by atoms with Crippen molar-refractivity contribution in [3.63, 3.8) is 0 Å². The predicted octanol–water partition coefficient (Wildman–Crippen LogP) is 2.59. The normalized spacial score (nSPS) is 10.6. The van der Waals surface area contributed by atoms with Gasteiger partial charge in [0.1, 0.15) is 12.4 Å². The fourth-order valence-corrected chi connectivity index (χ4v) is 2.78. The average Bonchev–Trinajstić information content (AvgIpc) is 2.77. The van der Waals surface area contributed by atoms with Crippen LogP contribution >= 0.6 is 11.3 Å². The van der Waals surface area contributed by atoms with Crippen molar-refractivity contribution in [1.29, 1.82) is 0 Å². The van der Waals surface area contributed by atoms with Crippen molar-refractivity contribution in [2.75, 3.05) is 13.1 Å². The summed E-state index contributed by atoms with van der Waals surface area (Å²) >= 11 is 1.23. The van der Waals surface area contributed by atoms with E-state index in [1.54, 1.807) is 19.1 Å². The molecule has 0 atom stereocenters. The molecule has 1 amide bonds. The Hall–Kier alpha value is -1.95. The molecule has 1 N–H and O–H groups in total. The van der Waals surface area contributed by atoms with Crippen molar-refractivity contribution in [3.05, 3.63) is 35.0 Å². The van der Waals surface area contributed by atoms with Gasteiger partial charge >= 0.3 is 5.97 Å². The van der Waals surface area contributed by atoms with Crippen LogP contribution in [0.1, 0.15) is 16.6 Å². The largest absolute Gasteiger partial charge is 0.480 e. The summed E-state index contributed by atoms with van der Waals surface area (Å²) in [6.45, 7) is 1.69. The van der Waals surface area contributed by atoms with Crippen molar-refractivity contribution in [3.8, 4) is 0 Å². The van der Waals surface area contributed by atoms with E-state index in [1.165, 1.54) is 28.4 Å². The molecule has 1 aromatic heterocycles. The zero-order chi connectivity index (χ0) is 14.0. The summed E-state index contributed by atoms with van der Waals surface area (Å²) < 4.78 is 13.9. The number of halogens is 1. The van der Waals surface area contributed by atoms with Gasteiger partial charge in [-0.25, -0.2) is 4.39 Å². The van der Waals surface area contributed by atoms with E-state index in [-0.39, 0.29) is 18.3 Å². The Morgan fingerprint density at radius 1 is 1.37 bits per heavy atom. The predicted molar refractivity (Wildman–Crippen MR) is 71.0 cm³/mol. The number of carbonyl (C=O) groups is 2. The SMILES string of the molecule is CCN(CC(=O)O)C(=O)c1cc2cc(F)ccc2s1. The molecule has 4 nitrogen and oxygen atoms in total. The smallest absolute Gasteiger partial charge is 0.323 e. The van der Waals surface area contributed by atoms with Gasteiger partial charge < -0.3 is 10.0 Å². The van der Waals surface area contributed by atoms with Crippen molar-refractivity contribution in [1.82, 2.24) is 4.90 Å². The van der Waals surface area contributed by atoms with E-state index in [4.69, 9.17) is 5.11 Å². The molecular weight excluding hydrogens is 269 g/mol. The summed E-state index contributed by atoms with van der Waals surface area (Å²) in [6, 6.07) is 5.90. The number of carbonyl (C=O) groups excluding carboxylic acids is 1. The minimum atomic E-state index is -1.05. The average molecular weight is 281 g/mol.